The van der Waals surface area contributed by atoms with Crippen LogP contribution in [-0.4, -0.2) is 10.2 Å². The number of aromatic nitrogens is 2. The first-order valence-electron chi connectivity index (χ1n) is 6.02. The molecule has 0 saturated carbocycles. The Kier molecular flexibility index (Phi) is 2.61. The summed E-state index contributed by atoms with van der Waals surface area (Å²) < 4.78 is 0. The molecule has 1 aromatic heterocycles. The molecule has 0 aliphatic carbocycles. The Morgan fingerprint density at radius 1 is 1.11 bits per heavy atom. The van der Waals surface area contributed by atoms with Crippen LogP contribution >= 0.6 is 0 Å². The topological polar surface area (TPSA) is 54.7 Å². The number of H-pyrrole nitrogens is 1. The molecule has 0 unspecified atom stereocenters. The fourth-order valence-electron chi connectivity index (χ4n) is 2.20. The van der Waals surface area contributed by atoms with E-state index in [1.807, 2.05) is 12.1 Å². The maximum atomic E-state index is 5.73. The Balaban J connectivity index is 2.21. The standard InChI is InChI=1S/C15H15N3/c1-10-5-7-11(8-6-10)14-13-4-2-3-12(9-16)15(13)18-17-14/h2-8H,9,16H2,1H3,(H,17,18). The number of benzene rings is 2. The lowest BCUT2D eigenvalue weighted by Crippen LogP contribution is -1.96. The van der Waals surface area contributed by atoms with Gasteiger partial charge in [0.1, 0.15) is 0 Å². The van der Waals surface area contributed by atoms with Gasteiger partial charge in [-0.3, -0.25) is 5.10 Å². The molecule has 3 heteroatoms. The van der Waals surface area contributed by atoms with E-state index in [1.165, 1.54) is 5.56 Å². The molecule has 0 atom stereocenters. The minimum Gasteiger partial charge on any atom is -0.326 e. The highest BCUT2D eigenvalue weighted by molar-refractivity contribution is 5.94. The summed E-state index contributed by atoms with van der Waals surface area (Å²) in [6.45, 7) is 2.59. The SMILES string of the molecule is Cc1ccc(-c2[nH]nc3c(CN)cccc23)cc1. The number of para-hydroxylation sites is 1. The maximum Gasteiger partial charge on any atom is 0.0972 e. The van der Waals surface area contributed by atoms with E-state index in [4.69, 9.17) is 5.73 Å². The van der Waals surface area contributed by atoms with Gasteiger partial charge in [0, 0.05) is 17.5 Å². The molecule has 0 radical (unpaired) electrons. The Morgan fingerprint density at radius 3 is 2.61 bits per heavy atom. The minimum atomic E-state index is 0.509. The number of nitrogens with one attached hydrogen (secondary N) is 1. The number of rotatable bonds is 2. The normalized spacial score (nSPS) is 11.0. The molecule has 3 nitrogen and oxygen atoms in total. The third kappa shape index (κ3) is 1.69. The Bertz CT molecular complexity index is 681. The number of nitrogens with zero attached hydrogens (tertiary/aromatic N) is 1. The first-order valence-corrected chi connectivity index (χ1v) is 6.02. The first-order chi connectivity index (χ1) is 8.79. The second kappa shape index (κ2) is 4.27. The van der Waals surface area contributed by atoms with E-state index in [0.717, 1.165) is 27.7 Å². The second-order valence-corrected chi connectivity index (χ2v) is 4.48. The number of hydrogen-bond donors (Lipinski definition) is 2. The molecule has 1 heterocycles. The minimum absolute atomic E-state index is 0.509. The predicted octanol–water partition coefficient (Wildman–Crippen LogP) is 3.00. The van der Waals surface area contributed by atoms with Crippen molar-refractivity contribution in [2.24, 2.45) is 5.73 Å². The molecule has 3 aromatic rings. The Morgan fingerprint density at radius 2 is 1.89 bits per heavy atom. The van der Waals surface area contributed by atoms with Crippen LogP contribution in [0.25, 0.3) is 22.2 Å². The Hall–Kier alpha value is -2.13. The second-order valence-electron chi connectivity index (χ2n) is 4.48. The van der Waals surface area contributed by atoms with Crippen LogP contribution in [0.4, 0.5) is 0 Å². The van der Waals surface area contributed by atoms with Crippen molar-refractivity contribution in [3.05, 3.63) is 53.6 Å². The van der Waals surface area contributed by atoms with E-state index in [0.29, 0.717) is 6.54 Å². The van der Waals surface area contributed by atoms with E-state index < -0.39 is 0 Å². The summed E-state index contributed by atoms with van der Waals surface area (Å²) in [7, 11) is 0. The van der Waals surface area contributed by atoms with E-state index in [9.17, 15) is 0 Å². The predicted molar refractivity (Wildman–Crippen MR) is 74.2 cm³/mol. The number of fused-ring (bicyclic) bond motifs is 1. The van der Waals surface area contributed by atoms with Crippen molar-refractivity contribution < 1.29 is 0 Å². The van der Waals surface area contributed by atoms with Crippen LogP contribution in [0, 0.1) is 6.92 Å². The van der Waals surface area contributed by atoms with Gasteiger partial charge in [0.15, 0.2) is 0 Å². The molecule has 18 heavy (non-hydrogen) atoms. The highest BCUT2D eigenvalue weighted by Crippen LogP contribution is 2.27. The van der Waals surface area contributed by atoms with Crippen LogP contribution in [-0.2, 0) is 6.54 Å². The summed E-state index contributed by atoms with van der Waals surface area (Å²) in [5.74, 6) is 0. The largest absolute Gasteiger partial charge is 0.326 e. The van der Waals surface area contributed by atoms with Crippen molar-refractivity contribution in [3.63, 3.8) is 0 Å². The number of nitrogens with two attached hydrogens (primary N) is 1. The van der Waals surface area contributed by atoms with Crippen LogP contribution in [0.3, 0.4) is 0 Å². The van der Waals surface area contributed by atoms with Gasteiger partial charge in [0.05, 0.1) is 11.2 Å². The number of aromatic amines is 1. The van der Waals surface area contributed by atoms with E-state index in [1.54, 1.807) is 0 Å². The van der Waals surface area contributed by atoms with Crippen molar-refractivity contribution in [3.8, 4) is 11.3 Å². The van der Waals surface area contributed by atoms with Crippen LogP contribution in [0.2, 0.25) is 0 Å². The summed E-state index contributed by atoms with van der Waals surface area (Å²) in [4.78, 5) is 0. The highest BCUT2D eigenvalue weighted by atomic mass is 15.1. The average molecular weight is 237 g/mol. The lowest BCUT2D eigenvalue weighted by Gasteiger charge is -2.01. The van der Waals surface area contributed by atoms with E-state index >= 15 is 0 Å². The zero-order valence-electron chi connectivity index (χ0n) is 10.3. The van der Waals surface area contributed by atoms with E-state index in [-0.39, 0.29) is 0 Å². The van der Waals surface area contributed by atoms with Gasteiger partial charge in [0.25, 0.3) is 0 Å². The average Bonchev–Trinajstić information content (AvgIpc) is 2.83. The van der Waals surface area contributed by atoms with Gasteiger partial charge in [-0.2, -0.15) is 5.10 Å². The number of aryl methyl sites for hydroxylation is 1. The fourth-order valence-corrected chi connectivity index (χ4v) is 2.20. The molecule has 3 rings (SSSR count). The first kappa shape index (κ1) is 11.0. The van der Waals surface area contributed by atoms with Crippen molar-refractivity contribution in [2.75, 3.05) is 0 Å². The lowest BCUT2D eigenvalue weighted by molar-refractivity contribution is 1.06. The molecule has 0 aliphatic heterocycles. The van der Waals surface area contributed by atoms with Crippen molar-refractivity contribution >= 4 is 10.9 Å². The third-order valence-electron chi connectivity index (χ3n) is 3.23. The zero-order chi connectivity index (χ0) is 12.5. The molecule has 0 aliphatic rings. The van der Waals surface area contributed by atoms with Gasteiger partial charge in [0.2, 0.25) is 0 Å². The van der Waals surface area contributed by atoms with E-state index in [2.05, 4.69) is 47.5 Å². The van der Waals surface area contributed by atoms with Crippen LogP contribution in [0.1, 0.15) is 11.1 Å². The van der Waals surface area contributed by atoms with Gasteiger partial charge < -0.3 is 5.73 Å². The van der Waals surface area contributed by atoms with Crippen LogP contribution in [0.5, 0.6) is 0 Å². The third-order valence-corrected chi connectivity index (χ3v) is 3.23. The zero-order valence-corrected chi connectivity index (χ0v) is 10.3. The van der Waals surface area contributed by atoms with Gasteiger partial charge in [-0.25, -0.2) is 0 Å². The molecule has 0 amide bonds. The maximum absolute atomic E-state index is 5.73. The van der Waals surface area contributed by atoms with Crippen molar-refractivity contribution in [2.45, 2.75) is 13.5 Å². The molecule has 90 valence electrons. The quantitative estimate of drug-likeness (QED) is 0.720. The smallest absolute Gasteiger partial charge is 0.0972 e. The molecule has 0 spiro atoms. The van der Waals surface area contributed by atoms with Gasteiger partial charge in [-0.1, -0.05) is 48.0 Å². The summed E-state index contributed by atoms with van der Waals surface area (Å²) in [5.41, 5.74) is 11.2. The molecule has 0 fully saturated rings. The number of hydrogen-bond acceptors (Lipinski definition) is 2. The molecular formula is C15H15N3. The molecular weight excluding hydrogens is 222 g/mol. The lowest BCUT2D eigenvalue weighted by atomic mass is 10.0. The molecule has 0 bridgehead atoms. The monoisotopic (exact) mass is 237 g/mol. The fraction of sp³-hybridized carbons (Fsp3) is 0.133. The Labute approximate surface area is 106 Å². The summed E-state index contributed by atoms with van der Waals surface area (Å²) in [5, 5.41) is 8.63. The molecule has 0 saturated heterocycles. The van der Waals surface area contributed by atoms with Crippen molar-refractivity contribution in [1.29, 1.82) is 0 Å². The van der Waals surface area contributed by atoms with Crippen LogP contribution < -0.4 is 5.73 Å². The summed E-state index contributed by atoms with van der Waals surface area (Å²) >= 11 is 0. The summed E-state index contributed by atoms with van der Waals surface area (Å²) in [6, 6.07) is 14.5. The highest BCUT2D eigenvalue weighted by Gasteiger charge is 2.09. The summed E-state index contributed by atoms with van der Waals surface area (Å²) in [6.07, 6.45) is 0. The van der Waals surface area contributed by atoms with Gasteiger partial charge in [-0.15, -0.1) is 0 Å². The molecule has 3 N–H and O–H groups in total. The molecule has 2 aromatic carbocycles. The van der Waals surface area contributed by atoms with Crippen molar-refractivity contribution in [1.82, 2.24) is 10.2 Å². The van der Waals surface area contributed by atoms with Gasteiger partial charge in [-0.05, 0) is 12.5 Å². The van der Waals surface area contributed by atoms with Gasteiger partial charge >= 0.3 is 0 Å². The van der Waals surface area contributed by atoms with Crippen LogP contribution in [0.15, 0.2) is 42.5 Å².